The molecule has 4 atom stereocenters. The van der Waals surface area contributed by atoms with Crippen molar-refractivity contribution in [2.75, 3.05) is 13.1 Å². The minimum atomic E-state index is -0.931. The van der Waals surface area contributed by atoms with E-state index in [-0.39, 0.29) is 29.8 Å². The highest BCUT2D eigenvalue weighted by atomic mass is 32.2. The van der Waals surface area contributed by atoms with Crippen LogP contribution >= 0.6 is 11.8 Å². The molecule has 0 saturated carbocycles. The molecule has 42 heavy (non-hydrogen) atoms. The maximum Gasteiger partial charge on any atom is 0.407 e. The van der Waals surface area contributed by atoms with Gasteiger partial charge in [0.1, 0.15) is 6.61 Å². The van der Waals surface area contributed by atoms with Crippen molar-refractivity contribution in [1.29, 1.82) is 0 Å². The first-order valence-electron chi connectivity index (χ1n) is 14.5. The Morgan fingerprint density at radius 2 is 1.69 bits per heavy atom. The zero-order valence-corrected chi connectivity index (χ0v) is 25.4. The van der Waals surface area contributed by atoms with E-state index in [9.17, 15) is 14.7 Å². The first-order chi connectivity index (χ1) is 20.2. The molecule has 0 spiro atoms. The third kappa shape index (κ3) is 10.2. The molecule has 2 heterocycles. The number of aliphatic hydroxyl groups is 1. The van der Waals surface area contributed by atoms with Crippen molar-refractivity contribution in [1.82, 2.24) is 20.5 Å². The van der Waals surface area contributed by atoms with Crippen LogP contribution in [0.5, 0.6) is 0 Å². The maximum atomic E-state index is 13.5. The number of hydrogen-bond donors (Lipinski definition) is 3. The monoisotopic (exact) mass is 590 g/mol. The fourth-order valence-corrected chi connectivity index (χ4v) is 6.18. The van der Waals surface area contributed by atoms with Crippen LogP contribution in [0.2, 0.25) is 0 Å². The van der Waals surface area contributed by atoms with Gasteiger partial charge in [0.25, 0.3) is 0 Å². The number of carbonyl (C=O) groups is 2. The Balaban J connectivity index is 1.46. The zero-order valence-electron chi connectivity index (χ0n) is 24.6. The molecule has 2 amide bonds. The molecule has 4 rings (SSSR count). The standard InChI is InChI=1S/C33H42N4O4S/c1-33(2,3)36-31(39)28-21-26(42-30-16-10-11-18-34-30)17-19-37(28)22-29(38)27(20-24-12-6-4-7-13-24)35-32(40)41-23-25-14-8-5-9-15-25/h4-16,18,26-29,38H,17,19-23H2,1-3H3,(H,35,40)(H,36,39)/t26-,27+,28+,29-/m1/s1. The molecule has 0 radical (unpaired) electrons. The molecule has 8 nitrogen and oxygen atoms in total. The molecule has 1 aromatic heterocycles. The Morgan fingerprint density at radius 1 is 1.02 bits per heavy atom. The van der Waals surface area contributed by atoms with Crippen molar-refractivity contribution in [2.24, 2.45) is 0 Å². The van der Waals surface area contributed by atoms with Crippen LogP contribution in [0.4, 0.5) is 4.79 Å². The molecular formula is C33H42N4O4S. The average Bonchev–Trinajstić information content (AvgIpc) is 2.97. The number of likely N-dealkylation sites (tertiary alicyclic amines) is 1. The summed E-state index contributed by atoms with van der Waals surface area (Å²) >= 11 is 1.69. The van der Waals surface area contributed by atoms with Crippen molar-refractivity contribution in [2.45, 2.75) is 80.6 Å². The van der Waals surface area contributed by atoms with Crippen LogP contribution < -0.4 is 10.6 Å². The van der Waals surface area contributed by atoms with Gasteiger partial charge in [-0.1, -0.05) is 66.7 Å². The van der Waals surface area contributed by atoms with Gasteiger partial charge in [0, 0.05) is 30.1 Å². The highest BCUT2D eigenvalue weighted by Gasteiger charge is 2.37. The van der Waals surface area contributed by atoms with E-state index in [1.807, 2.05) is 99.6 Å². The lowest BCUT2D eigenvalue weighted by atomic mass is 9.96. The van der Waals surface area contributed by atoms with E-state index in [0.717, 1.165) is 22.6 Å². The summed E-state index contributed by atoms with van der Waals surface area (Å²) in [5, 5.41) is 18.7. The Hall–Kier alpha value is -3.40. The maximum absolute atomic E-state index is 13.5. The van der Waals surface area contributed by atoms with Crippen LogP contribution in [0.15, 0.2) is 90.1 Å². The first kappa shape index (κ1) is 31.5. The number of ether oxygens (including phenoxy) is 1. The van der Waals surface area contributed by atoms with Gasteiger partial charge in [-0.25, -0.2) is 9.78 Å². The predicted octanol–water partition coefficient (Wildman–Crippen LogP) is 4.82. The van der Waals surface area contributed by atoms with Gasteiger partial charge in [-0.15, -0.1) is 11.8 Å². The number of aromatic nitrogens is 1. The number of nitrogens with one attached hydrogen (secondary N) is 2. The molecular weight excluding hydrogens is 548 g/mol. The molecule has 1 saturated heterocycles. The molecule has 0 unspecified atom stereocenters. The van der Waals surface area contributed by atoms with E-state index >= 15 is 0 Å². The highest BCUT2D eigenvalue weighted by molar-refractivity contribution is 7.99. The molecule has 0 aliphatic carbocycles. The molecule has 224 valence electrons. The third-order valence-electron chi connectivity index (χ3n) is 7.09. The van der Waals surface area contributed by atoms with Crippen LogP contribution in [0.3, 0.4) is 0 Å². The quantitative estimate of drug-likeness (QED) is 0.294. The highest BCUT2D eigenvalue weighted by Crippen LogP contribution is 2.32. The lowest BCUT2D eigenvalue weighted by Gasteiger charge is -2.41. The first-order valence-corrected chi connectivity index (χ1v) is 15.4. The molecule has 1 aliphatic heterocycles. The van der Waals surface area contributed by atoms with Gasteiger partial charge in [0.2, 0.25) is 5.91 Å². The largest absolute Gasteiger partial charge is 0.445 e. The number of alkyl carbamates (subject to hydrolysis) is 1. The summed E-state index contributed by atoms with van der Waals surface area (Å²) in [7, 11) is 0. The second-order valence-corrected chi connectivity index (χ2v) is 13.1. The van der Waals surface area contributed by atoms with Crippen LogP contribution in [0.25, 0.3) is 0 Å². The number of hydrogen-bond acceptors (Lipinski definition) is 7. The Bertz CT molecular complexity index is 1260. The number of thioether (sulfide) groups is 1. The van der Waals surface area contributed by atoms with Crippen molar-refractivity contribution in [3.05, 3.63) is 96.2 Å². The molecule has 3 aromatic rings. The number of pyridine rings is 1. The SMILES string of the molecule is CC(C)(C)NC(=O)[C@@H]1C[C@H](Sc2ccccn2)CCN1C[C@@H](O)[C@H](Cc1ccccc1)NC(=O)OCc1ccccc1. The fourth-order valence-electron chi connectivity index (χ4n) is 5.06. The number of benzene rings is 2. The molecule has 3 N–H and O–H groups in total. The normalized spacial score (nSPS) is 19.0. The van der Waals surface area contributed by atoms with Gasteiger partial charge in [0.15, 0.2) is 0 Å². The number of rotatable bonds is 11. The minimum Gasteiger partial charge on any atom is -0.445 e. The van der Waals surface area contributed by atoms with Gasteiger partial charge in [-0.2, -0.15) is 0 Å². The van der Waals surface area contributed by atoms with Crippen molar-refractivity contribution < 1.29 is 19.4 Å². The lowest BCUT2D eigenvalue weighted by molar-refractivity contribution is -0.129. The Labute approximate surface area is 253 Å². The van der Waals surface area contributed by atoms with Gasteiger partial charge < -0.3 is 20.5 Å². The van der Waals surface area contributed by atoms with Crippen LogP contribution in [0.1, 0.15) is 44.7 Å². The molecule has 2 aromatic carbocycles. The summed E-state index contributed by atoms with van der Waals surface area (Å²) in [4.78, 5) is 32.8. The second kappa shape index (κ2) is 15.2. The summed E-state index contributed by atoms with van der Waals surface area (Å²) in [6, 6.07) is 24.0. The van der Waals surface area contributed by atoms with Crippen LogP contribution in [0, 0.1) is 0 Å². The summed E-state index contributed by atoms with van der Waals surface area (Å²) < 4.78 is 5.47. The average molecular weight is 591 g/mol. The number of carbonyl (C=O) groups excluding carboxylic acids is 2. The number of β-amino-alcohol motifs (C(OH)–C–C–N with tert-alkyl or cyclic N) is 1. The summed E-state index contributed by atoms with van der Waals surface area (Å²) in [6.07, 6.45) is 2.16. The van der Waals surface area contributed by atoms with Crippen molar-refractivity contribution >= 4 is 23.8 Å². The van der Waals surface area contributed by atoms with Crippen LogP contribution in [-0.2, 0) is 22.6 Å². The Morgan fingerprint density at radius 3 is 2.33 bits per heavy atom. The Kier molecular flexibility index (Phi) is 11.4. The number of piperidine rings is 1. The molecule has 1 fully saturated rings. The zero-order chi connectivity index (χ0) is 30.0. The molecule has 1 aliphatic rings. The van der Waals surface area contributed by atoms with E-state index in [2.05, 4.69) is 20.5 Å². The van der Waals surface area contributed by atoms with Crippen LogP contribution in [-0.4, -0.2) is 69.1 Å². The lowest BCUT2D eigenvalue weighted by Crippen LogP contribution is -2.58. The topological polar surface area (TPSA) is 104 Å². The van der Waals surface area contributed by atoms with E-state index in [1.54, 1.807) is 18.0 Å². The predicted molar refractivity (Wildman–Crippen MR) is 166 cm³/mol. The van der Waals surface area contributed by atoms with Crippen molar-refractivity contribution in [3.63, 3.8) is 0 Å². The van der Waals surface area contributed by atoms with E-state index in [1.165, 1.54) is 0 Å². The molecule has 9 heteroatoms. The van der Waals surface area contributed by atoms with E-state index in [0.29, 0.717) is 19.4 Å². The van der Waals surface area contributed by atoms with Gasteiger partial charge in [-0.3, -0.25) is 9.69 Å². The summed E-state index contributed by atoms with van der Waals surface area (Å²) in [5.41, 5.74) is 1.48. The van der Waals surface area contributed by atoms with Crippen molar-refractivity contribution in [3.8, 4) is 0 Å². The van der Waals surface area contributed by atoms with Gasteiger partial charge >= 0.3 is 6.09 Å². The summed E-state index contributed by atoms with van der Waals surface area (Å²) in [5.74, 6) is -0.0594. The molecule has 0 bridgehead atoms. The number of aliphatic hydroxyl groups excluding tert-OH is 1. The third-order valence-corrected chi connectivity index (χ3v) is 8.34. The summed E-state index contributed by atoms with van der Waals surface area (Å²) in [6.45, 7) is 6.91. The second-order valence-electron chi connectivity index (χ2n) is 11.8. The number of amides is 2. The smallest absolute Gasteiger partial charge is 0.407 e. The van der Waals surface area contributed by atoms with E-state index < -0.39 is 24.3 Å². The van der Waals surface area contributed by atoms with Gasteiger partial charge in [-0.05, 0) is 63.3 Å². The van der Waals surface area contributed by atoms with Gasteiger partial charge in [0.05, 0.1) is 23.2 Å². The van der Waals surface area contributed by atoms with E-state index in [4.69, 9.17) is 4.74 Å². The number of nitrogens with zero attached hydrogens (tertiary/aromatic N) is 2. The minimum absolute atomic E-state index is 0.0594. The fraction of sp³-hybridized carbons (Fsp3) is 0.424.